The summed E-state index contributed by atoms with van der Waals surface area (Å²) in [6.07, 6.45) is 2.16. The number of pyridine rings is 1. The topological polar surface area (TPSA) is 93.7 Å². The van der Waals surface area contributed by atoms with Crippen molar-refractivity contribution in [1.82, 2.24) is 14.9 Å². The molecule has 0 saturated carbocycles. The number of thiophene rings is 1. The normalized spacial score (nSPS) is 13.9. The Bertz CT molecular complexity index is 2020. The van der Waals surface area contributed by atoms with Gasteiger partial charge in [0.1, 0.15) is 34.7 Å². The van der Waals surface area contributed by atoms with Crippen LogP contribution in [0.4, 0.5) is 14.5 Å². The molecule has 228 valence electrons. The number of fused-ring (bicyclic) bond motifs is 3. The highest BCUT2D eigenvalue weighted by Crippen LogP contribution is 2.48. The van der Waals surface area contributed by atoms with E-state index in [0.717, 1.165) is 43.5 Å². The lowest BCUT2D eigenvalue weighted by atomic mass is 9.97. The summed E-state index contributed by atoms with van der Waals surface area (Å²) in [5, 5.41) is 6.11. The molecule has 2 aliphatic rings. The molecule has 0 aliphatic carbocycles. The summed E-state index contributed by atoms with van der Waals surface area (Å²) in [7, 11) is 1.52. The number of nitrogens with one attached hydrogen (secondary N) is 1. The number of anilines is 1. The molecule has 2 aromatic carbocycles. The molecule has 2 aliphatic heterocycles. The largest absolute Gasteiger partial charge is 0.490 e. The lowest BCUT2D eigenvalue weighted by molar-refractivity contribution is -0.126. The van der Waals surface area contributed by atoms with Gasteiger partial charge in [-0.25, -0.2) is 18.7 Å². The van der Waals surface area contributed by atoms with Crippen LogP contribution >= 0.6 is 22.7 Å². The van der Waals surface area contributed by atoms with Crippen molar-refractivity contribution in [1.29, 1.82) is 0 Å². The Morgan fingerprint density at radius 1 is 1.13 bits per heavy atom. The first-order valence-corrected chi connectivity index (χ1v) is 15.9. The molecule has 0 bridgehead atoms. The van der Waals surface area contributed by atoms with Crippen molar-refractivity contribution < 1.29 is 27.8 Å². The van der Waals surface area contributed by atoms with Crippen LogP contribution < -0.4 is 10.1 Å². The van der Waals surface area contributed by atoms with Gasteiger partial charge in [-0.2, -0.15) is 0 Å². The number of benzene rings is 2. The van der Waals surface area contributed by atoms with Crippen LogP contribution in [-0.2, 0) is 33.7 Å². The molecule has 5 aromatic rings. The summed E-state index contributed by atoms with van der Waals surface area (Å²) >= 11 is 2.80. The van der Waals surface area contributed by atoms with Crippen LogP contribution in [0.2, 0.25) is 0 Å². The molecule has 12 heteroatoms. The van der Waals surface area contributed by atoms with E-state index in [0.29, 0.717) is 47.9 Å². The van der Waals surface area contributed by atoms with Gasteiger partial charge in [0.25, 0.3) is 0 Å². The molecule has 3 aromatic heterocycles. The summed E-state index contributed by atoms with van der Waals surface area (Å²) in [6.45, 7) is 4.80. The molecule has 7 rings (SSSR count). The first-order valence-electron chi connectivity index (χ1n) is 14.2. The summed E-state index contributed by atoms with van der Waals surface area (Å²) in [5.41, 5.74) is 4.80. The van der Waals surface area contributed by atoms with E-state index in [1.807, 2.05) is 29.6 Å². The van der Waals surface area contributed by atoms with E-state index in [4.69, 9.17) is 19.4 Å². The Kier molecular flexibility index (Phi) is 7.64. The fraction of sp³-hybridized carbons (Fsp3) is 0.212. The number of nitrogens with zero attached hydrogens (tertiary/aromatic N) is 3. The smallest absolute Gasteiger partial charge is 0.246 e. The predicted octanol–water partition coefficient (Wildman–Crippen LogP) is 6.62. The van der Waals surface area contributed by atoms with Crippen molar-refractivity contribution in [2.24, 2.45) is 0 Å². The third kappa shape index (κ3) is 5.28. The molecular weight excluding hydrogens is 619 g/mol. The second kappa shape index (κ2) is 11.8. The van der Waals surface area contributed by atoms with Gasteiger partial charge in [-0.05, 0) is 29.2 Å². The van der Waals surface area contributed by atoms with E-state index in [9.17, 15) is 14.0 Å². The second-order valence-electron chi connectivity index (χ2n) is 10.6. The summed E-state index contributed by atoms with van der Waals surface area (Å²) in [6, 6.07) is 9.65. The van der Waals surface area contributed by atoms with E-state index in [-0.39, 0.29) is 36.3 Å². The van der Waals surface area contributed by atoms with Crippen molar-refractivity contribution in [2.45, 2.75) is 19.4 Å². The van der Waals surface area contributed by atoms with Gasteiger partial charge >= 0.3 is 0 Å². The zero-order chi connectivity index (χ0) is 31.2. The number of thiazole rings is 1. The lowest BCUT2D eigenvalue weighted by Gasteiger charge is -2.24. The number of amides is 2. The summed E-state index contributed by atoms with van der Waals surface area (Å²) in [4.78, 5) is 37.2. The molecular formula is C33H26F2N4O4S2. The number of hydrogen-bond donors (Lipinski definition) is 1. The maximum Gasteiger partial charge on any atom is 0.246 e. The van der Waals surface area contributed by atoms with Crippen LogP contribution in [0.5, 0.6) is 5.75 Å². The van der Waals surface area contributed by atoms with Gasteiger partial charge in [0.2, 0.25) is 11.8 Å². The maximum absolute atomic E-state index is 16.0. The van der Waals surface area contributed by atoms with Crippen molar-refractivity contribution in [3.63, 3.8) is 0 Å². The van der Waals surface area contributed by atoms with Gasteiger partial charge in [-0.15, -0.1) is 22.7 Å². The molecule has 5 heterocycles. The molecule has 0 spiro atoms. The van der Waals surface area contributed by atoms with Crippen molar-refractivity contribution in [3.05, 3.63) is 82.2 Å². The number of ether oxygens (including phenoxy) is 2. The molecule has 0 unspecified atom stereocenters. The summed E-state index contributed by atoms with van der Waals surface area (Å²) in [5.74, 6) is -1.77. The molecule has 0 atom stereocenters. The standard InChI is InChI=1S/C33H26F2N4O4S2/c1-3-27(41)39-8-6-22-25(16-39)45-33(37-22)31-29(28-21(35)14-19(34)15-24(28)43-10-9-42-2)32-20(7-11-44-32)30(38-31)18-5-4-17-13-26(40)36-23(17)12-18/h3-5,7,11-12,14-15H,1,6,8-10,13,16H2,2H3,(H,36,40). The molecule has 2 amide bonds. The number of aromatic nitrogens is 2. The molecule has 8 nitrogen and oxygen atoms in total. The number of carbonyl (C=O) groups excluding carboxylic acids is 2. The van der Waals surface area contributed by atoms with Gasteiger partial charge in [0, 0.05) is 64.0 Å². The van der Waals surface area contributed by atoms with Crippen LogP contribution in [-0.4, -0.2) is 53.6 Å². The average molecular weight is 645 g/mol. The first-order chi connectivity index (χ1) is 21.8. The van der Waals surface area contributed by atoms with Gasteiger partial charge in [0.05, 0.1) is 36.5 Å². The fourth-order valence-electron chi connectivity index (χ4n) is 5.75. The molecule has 0 radical (unpaired) electrons. The minimum atomic E-state index is -0.794. The van der Waals surface area contributed by atoms with Gasteiger partial charge in [-0.3, -0.25) is 9.59 Å². The Balaban J connectivity index is 1.47. The molecule has 0 fully saturated rings. The van der Waals surface area contributed by atoms with E-state index in [2.05, 4.69) is 11.9 Å². The Morgan fingerprint density at radius 2 is 2.00 bits per heavy atom. The van der Waals surface area contributed by atoms with Gasteiger partial charge < -0.3 is 19.7 Å². The zero-order valence-electron chi connectivity index (χ0n) is 24.1. The number of halogens is 2. The molecule has 1 N–H and O–H groups in total. The van der Waals surface area contributed by atoms with Crippen molar-refractivity contribution in [2.75, 3.05) is 32.2 Å². The summed E-state index contributed by atoms with van der Waals surface area (Å²) < 4.78 is 42.3. The fourth-order valence-corrected chi connectivity index (χ4v) is 7.82. The Labute approximate surface area is 265 Å². The van der Waals surface area contributed by atoms with Crippen molar-refractivity contribution in [3.8, 4) is 38.8 Å². The quantitative estimate of drug-likeness (QED) is 0.151. The molecule has 0 saturated heterocycles. The molecule has 45 heavy (non-hydrogen) atoms. The van der Waals surface area contributed by atoms with Crippen LogP contribution in [0, 0.1) is 11.6 Å². The van der Waals surface area contributed by atoms with E-state index < -0.39 is 11.6 Å². The highest BCUT2D eigenvalue weighted by Gasteiger charge is 2.30. The monoisotopic (exact) mass is 644 g/mol. The van der Waals surface area contributed by atoms with Gasteiger partial charge in [0.15, 0.2) is 0 Å². The van der Waals surface area contributed by atoms with Crippen LogP contribution in [0.3, 0.4) is 0 Å². The first kappa shape index (κ1) is 29.2. The second-order valence-corrected chi connectivity index (χ2v) is 12.6. The average Bonchev–Trinajstić information content (AvgIpc) is 3.77. The number of methoxy groups -OCH3 is 1. The third-order valence-electron chi connectivity index (χ3n) is 7.85. The Morgan fingerprint density at radius 3 is 2.82 bits per heavy atom. The van der Waals surface area contributed by atoms with Crippen LogP contribution in [0.15, 0.2) is 54.4 Å². The highest BCUT2D eigenvalue weighted by atomic mass is 32.1. The third-order valence-corrected chi connectivity index (χ3v) is 9.87. The number of hydrogen-bond acceptors (Lipinski definition) is 8. The maximum atomic E-state index is 16.0. The number of rotatable bonds is 8. The zero-order valence-corrected chi connectivity index (χ0v) is 25.7. The minimum absolute atomic E-state index is 0.0272. The van der Waals surface area contributed by atoms with E-state index in [1.54, 1.807) is 4.90 Å². The highest BCUT2D eigenvalue weighted by molar-refractivity contribution is 7.18. The van der Waals surface area contributed by atoms with Gasteiger partial charge in [-0.1, -0.05) is 18.7 Å². The lowest BCUT2D eigenvalue weighted by Crippen LogP contribution is -2.34. The Hall–Kier alpha value is -4.52. The van der Waals surface area contributed by atoms with Crippen LogP contribution in [0.1, 0.15) is 16.1 Å². The van der Waals surface area contributed by atoms with E-state index >= 15 is 4.39 Å². The number of carbonyl (C=O) groups is 2. The van der Waals surface area contributed by atoms with Crippen LogP contribution in [0.25, 0.3) is 43.2 Å². The SMILES string of the molecule is C=CC(=O)N1CCc2nc(-c3nc(-c4ccc5c(c4)NC(=O)C5)c4ccsc4c3-c3c(F)cc(F)cc3OCCOC)sc2C1. The van der Waals surface area contributed by atoms with E-state index in [1.165, 1.54) is 41.9 Å². The predicted molar refractivity (Wildman–Crippen MR) is 171 cm³/mol. The minimum Gasteiger partial charge on any atom is -0.490 e. The van der Waals surface area contributed by atoms with Crippen molar-refractivity contribution >= 4 is 50.3 Å².